The third kappa shape index (κ3) is 3.73. The van der Waals surface area contributed by atoms with Crippen LogP contribution in [0.4, 0.5) is 0 Å². The summed E-state index contributed by atoms with van der Waals surface area (Å²) in [5.74, 6) is -0.711. The fourth-order valence-electron chi connectivity index (χ4n) is 2.45. The summed E-state index contributed by atoms with van der Waals surface area (Å²) in [5, 5.41) is 8.54. The molecule has 1 aromatic carbocycles. The first-order chi connectivity index (χ1) is 8.75. The molecule has 0 aromatic heterocycles. The fraction of sp³-hybridized carbons (Fsp3) is 0.438. The first kappa shape index (κ1) is 12.9. The van der Waals surface area contributed by atoms with Crippen LogP contribution in [-0.4, -0.2) is 11.1 Å². The predicted molar refractivity (Wildman–Crippen MR) is 73.6 cm³/mol. The van der Waals surface area contributed by atoms with Crippen LogP contribution in [-0.2, 0) is 17.6 Å². The number of carboxylic acid groups (broad SMARTS) is 1. The lowest BCUT2D eigenvalue weighted by Crippen LogP contribution is -2.02. The van der Waals surface area contributed by atoms with Gasteiger partial charge in [0.2, 0.25) is 0 Å². The number of unbranched alkanes of at least 4 members (excludes halogenated alkanes) is 1. The molecule has 1 N–H and O–H groups in total. The number of benzene rings is 1. The van der Waals surface area contributed by atoms with Gasteiger partial charge in [-0.2, -0.15) is 0 Å². The van der Waals surface area contributed by atoms with Gasteiger partial charge in [-0.25, -0.2) is 0 Å². The van der Waals surface area contributed by atoms with Crippen molar-refractivity contribution in [2.45, 2.75) is 44.9 Å². The Morgan fingerprint density at radius 3 is 2.78 bits per heavy atom. The zero-order chi connectivity index (χ0) is 12.8. The molecule has 1 aliphatic carbocycles. The summed E-state index contributed by atoms with van der Waals surface area (Å²) in [7, 11) is 0. The smallest absolute Gasteiger partial charge is 0.303 e. The van der Waals surface area contributed by atoms with E-state index in [-0.39, 0.29) is 6.42 Å². The molecule has 0 heterocycles. The van der Waals surface area contributed by atoms with Crippen molar-refractivity contribution in [3.8, 4) is 0 Å². The first-order valence-corrected chi connectivity index (χ1v) is 6.76. The SMILES string of the molecule is O=C(O)CCC/C=C/c1ccc2c(c1)CCCC2. The standard InChI is InChI=1S/C16H20O2/c17-16(18)9-3-1-2-6-13-10-11-14-7-4-5-8-15(14)12-13/h2,6,10-12H,1,3-5,7-9H2,(H,17,18)/b6-2+. The number of hydrogen-bond acceptors (Lipinski definition) is 1. The van der Waals surface area contributed by atoms with E-state index in [2.05, 4.69) is 30.4 Å². The second-order valence-electron chi connectivity index (χ2n) is 4.92. The van der Waals surface area contributed by atoms with E-state index in [9.17, 15) is 4.79 Å². The predicted octanol–water partition coefficient (Wildman–Crippen LogP) is 3.83. The molecule has 0 unspecified atom stereocenters. The van der Waals surface area contributed by atoms with Gasteiger partial charge in [0, 0.05) is 6.42 Å². The number of fused-ring (bicyclic) bond motifs is 1. The molecule has 0 aliphatic heterocycles. The Balaban J connectivity index is 1.89. The average Bonchev–Trinajstić information content (AvgIpc) is 2.38. The minimum Gasteiger partial charge on any atom is -0.481 e. The Bertz CT molecular complexity index is 446. The van der Waals surface area contributed by atoms with Gasteiger partial charge in [-0.3, -0.25) is 4.79 Å². The molecule has 2 nitrogen and oxygen atoms in total. The number of aliphatic carboxylic acids is 1. The highest BCUT2D eigenvalue weighted by Gasteiger charge is 2.08. The molecular formula is C16H20O2. The van der Waals surface area contributed by atoms with Crippen molar-refractivity contribution in [3.63, 3.8) is 0 Å². The number of carbonyl (C=O) groups is 1. The summed E-state index contributed by atoms with van der Waals surface area (Å²) in [6.45, 7) is 0. The fourth-order valence-corrected chi connectivity index (χ4v) is 2.45. The van der Waals surface area contributed by atoms with Crippen molar-refractivity contribution < 1.29 is 9.90 Å². The molecule has 96 valence electrons. The molecule has 0 amide bonds. The summed E-state index contributed by atoms with van der Waals surface area (Å²) >= 11 is 0. The van der Waals surface area contributed by atoms with Gasteiger partial charge in [-0.05, 0) is 55.2 Å². The highest BCUT2D eigenvalue weighted by Crippen LogP contribution is 2.22. The number of carboxylic acids is 1. The molecule has 0 radical (unpaired) electrons. The number of aryl methyl sites for hydroxylation is 2. The van der Waals surface area contributed by atoms with Crippen LogP contribution < -0.4 is 0 Å². The Morgan fingerprint density at radius 2 is 2.00 bits per heavy atom. The van der Waals surface area contributed by atoms with Gasteiger partial charge in [-0.15, -0.1) is 0 Å². The number of hydrogen-bond donors (Lipinski definition) is 1. The average molecular weight is 244 g/mol. The summed E-state index contributed by atoms with van der Waals surface area (Å²) in [5.41, 5.74) is 4.24. The van der Waals surface area contributed by atoms with Crippen molar-refractivity contribution >= 4 is 12.0 Å². The summed E-state index contributed by atoms with van der Waals surface area (Å²) in [6.07, 6.45) is 11.0. The van der Waals surface area contributed by atoms with Crippen LogP contribution >= 0.6 is 0 Å². The van der Waals surface area contributed by atoms with Crippen molar-refractivity contribution in [2.24, 2.45) is 0 Å². The second-order valence-corrected chi connectivity index (χ2v) is 4.92. The van der Waals surface area contributed by atoms with E-state index in [4.69, 9.17) is 5.11 Å². The zero-order valence-electron chi connectivity index (χ0n) is 10.7. The van der Waals surface area contributed by atoms with Crippen LogP contribution in [0.1, 0.15) is 48.8 Å². The zero-order valence-corrected chi connectivity index (χ0v) is 10.7. The van der Waals surface area contributed by atoms with E-state index in [1.807, 2.05) is 0 Å². The largest absolute Gasteiger partial charge is 0.481 e. The van der Waals surface area contributed by atoms with E-state index in [0.29, 0.717) is 0 Å². The Hall–Kier alpha value is -1.57. The van der Waals surface area contributed by atoms with Crippen LogP contribution in [0, 0.1) is 0 Å². The third-order valence-corrected chi connectivity index (χ3v) is 3.44. The highest BCUT2D eigenvalue weighted by atomic mass is 16.4. The summed E-state index contributed by atoms with van der Waals surface area (Å²) in [6, 6.07) is 6.69. The van der Waals surface area contributed by atoms with Gasteiger partial charge in [-0.1, -0.05) is 30.4 Å². The van der Waals surface area contributed by atoms with Gasteiger partial charge < -0.3 is 5.11 Å². The Labute approximate surface area is 108 Å². The van der Waals surface area contributed by atoms with Gasteiger partial charge in [0.15, 0.2) is 0 Å². The van der Waals surface area contributed by atoms with E-state index in [1.54, 1.807) is 0 Å². The lowest BCUT2D eigenvalue weighted by Gasteiger charge is -2.15. The van der Waals surface area contributed by atoms with Crippen LogP contribution in [0.15, 0.2) is 24.3 Å². The summed E-state index contributed by atoms with van der Waals surface area (Å²) in [4.78, 5) is 10.4. The van der Waals surface area contributed by atoms with Crippen LogP contribution in [0.5, 0.6) is 0 Å². The molecule has 0 fully saturated rings. The quantitative estimate of drug-likeness (QED) is 0.799. The molecule has 2 rings (SSSR count). The van der Waals surface area contributed by atoms with Crippen LogP contribution in [0.3, 0.4) is 0 Å². The molecule has 0 saturated carbocycles. The Kier molecular flexibility index (Phi) is 4.57. The molecule has 0 saturated heterocycles. The highest BCUT2D eigenvalue weighted by molar-refractivity contribution is 5.66. The second kappa shape index (κ2) is 6.39. The van der Waals surface area contributed by atoms with Crippen molar-refractivity contribution in [2.75, 3.05) is 0 Å². The molecule has 0 spiro atoms. The maximum absolute atomic E-state index is 10.4. The lowest BCUT2D eigenvalue weighted by atomic mass is 9.90. The van der Waals surface area contributed by atoms with E-state index in [1.165, 1.54) is 42.4 Å². The molecule has 1 aliphatic rings. The van der Waals surface area contributed by atoms with Crippen LogP contribution in [0.2, 0.25) is 0 Å². The van der Waals surface area contributed by atoms with Gasteiger partial charge >= 0.3 is 5.97 Å². The Morgan fingerprint density at radius 1 is 1.22 bits per heavy atom. The molecule has 1 aromatic rings. The minimum absolute atomic E-state index is 0.258. The number of allylic oxidation sites excluding steroid dienone is 1. The van der Waals surface area contributed by atoms with Crippen molar-refractivity contribution in [1.29, 1.82) is 0 Å². The molecule has 0 atom stereocenters. The first-order valence-electron chi connectivity index (χ1n) is 6.76. The third-order valence-electron chi connectivity index (χ3n) is 3.44. The molecule has 18 heavy (non-hydrogen) atoms. The molecule has 0 bridgehead atoms. The molecular weight excluding hydrogens is 224 g/mol. The topological polar surface area (TPSA) is 37.3 Å². The van der Waals surface area contributed by atoms with Gasteiger partial charge in [0.1, 0.15) is 0 Å². The van der Waals surface area contributed by atoms with Crippen molar-refractivity contribution in [1.82, 2.24) is 0 Å². The van der Waals surface area contributed by atoms with Crippen molar-refractivity contribution in [3.05, 3.63) is 41.0 Å². The lowest BCUT2D eigenvalue weighted by molar-refractivity contribution is -0.137. The maximum Gasteiger partial charge on any atom is 0.303 e. The molecule has 2 heteroatoms. The number of rotatable bonds is 5. The monoisotopic (exact) mass is 244 g/mol. The van der Waals surface area contributed by atoms with Crippen LogP contribution in [0.25, 0.3) is 6.08 Å². The van der Waals surface area contributed by atoms with Gasteiger partial charge in [0.05, 0.1) is 0 Å². The van der Waals surface area contributed by atoms with E-state index in [0.717, 1.165) is 12.8 Å². The van der Waals surface area contributed by atoms with E-state index < -0.39 is 5.97 Å². The van der Waals surface area contributed by atoms with Gasteiger partial charge in [0.25, 0.3) is 0 Å². The normalized spacial score (nSPS) is 14.7. The summed E-state index contributed by atoms with van der Waals surface area (Å²) < 4.78 is 0. The van der Waals surface area contributed by atoms with E-state index >= 15 is 0 Å². The maximum atomic E-state index is 10.4. The minimum atomic E-state index is -0.711.